The second kappa shape index (κ2) is 3.65. The van der Waals surface area contributed by atoms with Gasteiger partial charge in [-0.25, -0.2) is 4.98 Å². The van der Waals surface area contributed by atoms with Crippen LogP contribution in [0, 0.1) is 3.70 Å². The molecular weight excluding hydrogens is 310 g/mol. The normalized spacial score (nSPS) is 16.4. The van der Waals surface area contributed by atoms with Crippen molar-refractivity contribution in [1.82, 2.24) is 4.98 Å². The lowest BCUT2D eigenvalue weighted by molar-refractivity contribution is -0.260. The van der Waals surface area contributed by atoms with E-state index in [0.717, 1.165) is 6.07 Å². The Labute approximate surface area is 92.3 Å². The number of hydrogen-bond acceptors (Lipinski definition) is 2. The van der Waals surface area contributed by atoms with Crippen LogP contribution in [0.4, 0.5) is 13.2 Å². The van der Waals surface area contributed by atoms with Crippen LogP contribution in [0.25, 0.3) is 0 Å². The number of aliphatic hydroxyl groups is 1. The molecule has 1 rings (SSSR count). The molecule has 0 aliphatic heterocycles. The van der Waals surface area contributed by atoms with E-state index < -0.39 is 17.5 Å². The van der Waals surface area contributed by atoms with Gasteiger partial charge in [0.2, 0.25) is 0 Å². The summed E-state index contributed by atoms with van der Waals surface area (Å²) < 4.78 is 37.5. The third-order valence-electron chi connectivity index (χ3n) is 1.77. The van der Waals surface area contributed by atoms with E-state index in [1.165, 1.54) is 6.07 Å². The quantitative estimate of drug-likeness (QED) is 0.638. The predicted octanol–water partition coefficient (Wildman–Crippen LogP) is 2.46. The molecule has 0 saturated carbocycles. The molecule has 1 unspecified atom stereocenters. The summed E-state index contributed by atoms with van der Waals surface area (Å²) in [5.41, 5.74) is -3.29. The molecule has 1 heterocycles. The summed E-state index contributed by atoms with van der Waals surface area (Å²) in [5, 5.41) is 9.26. The third-order valence-corrected chi connectivity index (χ3v) is 2.37. The van der Waals surface area contributed by atoms with E-state index in [0.29, 0.717) is 10.6 Å². The molecule has 78 valence electrons. The fourth-order valence-electron chi connectivity index (χ4n) is 0.825. The van der Waals surface area contributed by atoms with Gasteiger partial charge in [-0.15, -0.1) is 0 Å². The summed E-state index contributed by atoms with van der Waals surface area (Å²) in [4.78, 5) is 3.63. The maximum Gasteiger partial charge on any atom is 0.422 e. The lowest BCUT2D eigenvalue weighted by Gasteiger charge is -2.25. The molecule has 14 heavy (non-hydrogen) atoms. The highest BCUT2D eigenvalue weighted by molar-refractivity contribution is 14.1. The molecule has 0 spiro atoms. The maximum atomic E-state index is 12.4. The van der Waals surface area contributed by atoms with Crippen LogP contribution in [0.1, 0.15) is 12.6 Å². The lowest BCUT2D eigenvalue weighted by atomic mass is 10.0. The zero-order valence-corrected chi connectivity index (χ0v) is 9.30. The van der Waals surface area contributed by atoms with Gasteiger partial charge in [0.25, 0.3) is 0 Å². The SMILES string of the molecule is CC(O)(c1cccc(I)n1)C(F)(F)F. The van der Waals surface area contributed by atoms with Crippen LogP contribution in [-0.2, 0) is 5.60 Å². The number of halogens is 4. The second-order valence-corrected chi connectivity index (χ2v) is 4.02. The molecule has 1 atom stereocenters. The van der Waals surface area contributed by atoms with Gasteiger partial charge in [-0.3, -0.25) is 0 Å². The molecule has 0 bridgehead atoms. The Morgan fingerprint density at radius 1 is 1.36 bits per heavy atom. The highest BCUT2D eigenvalue weighted by Crippen LogP contribution is 2.37. The van der Waals surface area contributed by atoms with E-state index in [1.54, 1.807) is 28.7 Å². The van der Waals surface area contributed by atoms with Gasteiger partial charge >= 0.3 is 6.18 Å². The lowest BCUT2D eigenvalue weighted by Crippen LogP contribution is -2.40. The monoisotopic (exact) mass is 317 g/mol. The van der Waals surface area contributed by atoms with Crippen molar-refractivity contribution in [3.05, 3.63) is 27.6 Å². The number of hydrogen-bond donors (Lipinski definition) is 1. The molecule has 0 aliphatic rings. The van der Waals surface area contributed by atoms with E-state index in [2.05, 4.69) is 4.98 Å². The highest BCUT2D eigenvalue weighted by atomic mass is 127. The van der Waals surface area contributed by atoms with Crippen LogP contribution in [-0.4, -0.2) is 16.3 Å². The van der Waals surface area contributed by atoms with Crippen LogP contribution in [0.2, 0.25) is 0 Å². The van der Waals surface area contributed by atoms with Crippen molar-refractivity contribution in [2.45, 2.75) is 18.7 Å². The molecule has 0 saturated heterocycles. The number of nitrogens with zero attached hydrogens (tertiary/aromatic N) is 1. The van der Waals surface area contributed by atoms with Gasteiger partial charge in [0.1, 0.15) is 3.70 Å². The van der Waals surface area contributed by atoms with Crippen molar-refractivity contribution in [2.24, 2.45) is 0 Å². The highest BCUT2D eigenvalue weighted by Gasteiger charge is 2.52. The van der Waals surface area contributed by atoms with Gasteiger partial charge in [0.05, 0.1) is 5.69 Å². The summed E-state index contributed by atoms with van der Waals surface area (Å²) >= 11 is 1.78. The molecule has 0 amide bonds. The number of rotatable bonds is 1. The molecule has 0 aromatic carbocycles. The fraction of sp³-hybridized carbons (Fsp3) is 0.375. The van der Waals surface area contributed by atoms with Crippen LogP contribution in [0.15, 0.2) is 18.2 Å². The Morgan fingerprint density at radius 3 is 2.36 bits per heavy atom. The first-order chi connectivity index (χ1) is 6.25. The largest absolute Gasteiger partial charge is 0.422 e. The summed E-state index contributed by atoms with van der Waals surface area (Å²) in [5.74, 6) is 0. The molecule has 2 nitrogen and oxygen atoms in total. The number of aromatic nitrogens is 1. The van der Waals surface area contributed by atoms with Gasteiger partial charge in [-0.2, -0.15) is 13.2 Å². The van der Waals surface area contributed by atoms with Crippen molar-refractivity contribution in [3.8, 4) is 0 Å². The van der Waals surface area contributed by atoms with Crippen molar-refractivity contribution >= 4 is 22.6 Å². The predicted molar refractivity (Wildman–Crippen MR) is 52.6 cm³/mol. The van der Waals surface area contributed by atoms with Crippen molar-refractivity contribution in [2.75, 3.05) is 0 Å². The Morgan fingerprint density at radius 2 is 1.93 bits per heavy atom. The minimum atomic E-state index is -4.72. The van der Waals surface area contributed by atoms with Crippen molar-refractivity contribution in [3.63, 3.8) is 0 Å². The number of alkyl halides is 3. The first-order valence-electron chi connectivity index (χ1n) is 3.67. The summed E-state index contributed by atoms with van der Waals surface area (Å²) in [7, 11) is 0. The van der Waals surface area contributed by atoms with E-state index in [4.69, 9.17) is 0 Å². The Hall–Kier alpha value is -0.370. The fourth-order valence-corrected chi connectivity index (χ4v) is 1.29. The molecule has 0 fully saturated rings. The van der Waals surface area contributed by atoms with Crippen LogP contribution in [0.5, 0.6) is 0 Å². The Balaban J connectivity index is 3.16. The van der Waals surface area contributed by atoms with Gasteiger partial charge in [0.15, 0.2) is 5.60 Å². The zero-order valence-electron chi connectivity index (χ0n) is 7.14. The average molecular weight is 317 g/mol. The van der Waals surface area contributed by atoms with Crippen LogP contribution < -0.4 is 0 Å². The van der Waals surface area contributed by atoms with Crippen molar-refractivity contribution < 1.29 is 18.3 Å². The Kier molecular flexibility index (Phi) is 3.05. The van der Waals surface area contributed by atoms with E-state index >= 15 is 0 Å². The van der Waals surface area contributed by atoms with Gasteiger partial charge in [0, 0.05) is 0 Å². The summed E-state index contributed by atoms with van der Waals surface area (Å²) in [6.07, 6.45) is -4.72. The second-order valence-electron chi connectivity index (χ2n) is 2.92. The minimum absolute atomic E-state index is 0.392. The summed E-state index contributed by atoms with van der Waals surface area (Å²) in [6.45, 7) is 0.686. The maximum absolute atomic E-state index is 12.4. The van der Waals surface area contributed by atoms with Crippen LogP contribution >= 0.6 is 22.6 Å². The first-order valence-corrected chi connectivity index (χ1v) is 4.75. The van der Waals surface area contributed by atoms with E-state index in [-0.39, 0.29) is 0 Å². The smallest absolute Gasteiger partial charge is 0.375 e. The van der Waals surface area contributed by atoms with Crippen LogP contribution in [0.3, 0.4) is 0 Å². The Bertz CT molecular complexity index is 338. The molecule has 1 N–H and O–H groups in total. The molecule has 0 aliphatic carbocycles. The molecule has 6 heteroatoms. The molecule has 0 radical (unpaired) electrons. The average Bonchev–Trinajstić information content (AvgIpc) is 2.02. The molecule has 1 aromatic heterocycles. The van der Waals surface area contributed by atoms with E-state index in [9.17, 15) is 18.3 Å². The van der Waals surface area contributed by atoms with Gasteiger partial charge in [-0.1, -0.05) is 6.07 Å². The van der Waals surface area contributed by atoms with Gasteiger partial charge in [-0.05, 0) is 41.6 Å². The van der Waals surface area contributed by atoms with Crippen molar-refractivity contribution in [1.29, 1.82) is 0 Å². The summed E-state index contributed by atoms with van der Waals surface area (Å²) in [6, 6.07) is 4.12. The number of pyridine rings is 1. The molecule has 1 aromatic rings. The third kappa shape index (κ3) is 2.17. The standard InChI is InChI=1S/C8H7F3INO/c1-7(14,8(9,10)11)5-3-2-4-6(12)13-5/h2-4,14H,1H3. The first kappa shape index (κ1) is 11.7. The minimum Gasteiger partial charge on any atom is -0.375 e. The zero-order chi connectivity index (χ0) is 11.0. The topological polar surface area (TPSA) is 33.1 Å². The van der Waals surface area contributed by atoms with E-state index in [1.807, 2.05) is 0 Å². The molecular formula is C8H7F3INO. The van der Waals surface area contributed by atoms with Gasteiger partial charge < -0.3 is 5.11 Å².